The Hall–Kier alpha value is -3.18. The molecule has 0 unspecified atom stereocenters. The second-order valence-corrected chi connectivity index (χ2v) is 8.19. The zero-order valence-corrected chi connectivity index (χ0v) is 17.5. The summed E-state index contributed by atoms with van der Waals surface area (Å²) in [6, 6.07) is 16.6. The van der Waals surface area contributed by atoms with Gasteiger partial charge in [0.1, 0.15) is 19.0 Å². The molecule has 158 valence electrons. The van der Waals surface area contributed by atoms with E-state index >= 15 is 0 Å². The largest absolute Gasteiger partial charge is 0.492 e. The minimum absolute atomic E-state index is 0.265. The van der Waals surface area contributed by atoms with Crippen LogP contribution in [-0.4, -0.2) is 48.7 Å². The Balaban J connectivity index is 1.27. The van der Waals surface area contributed by atoms with E-state index in [0.717, 1.165) is 52.9 Å². The predicted octanol–water partition coefficient (Wildman–Crippen LogP) is 4.24. The van der Waals surface area contributed by atoms with Crippen molar-refractivity contribution < 1.29 is 14.3 Å². The van der Waals surface area contributed by atoms with Crippen molar-refractivity contribution in [2.75, 3.05) is 32.8 Å². The van der Waals surface area contributed by atoms with Crippen LogP contribution in [0.15, 0.2) is 60.8 Å². The standard InChI is InChI=1S/C26H26N2O3/c29-26-17-22(18-31-26)20-5-3-19(4-6-20)15-25-24-8-7-23(16-21(24)9-10-27-25)30-14-13-28-11-1-2-12-28/h3-10,16-17H,1-2,11-15,18H2. The highest BCUT2D eigenvalue weighted by molar-refractivity contribution is 5.95. The third-order valence-corrected chi connectivity index (χ3v) is 6.05. The van der Waals surface area contributed by atoms with Crippen LogP contribution in [0, 0.1) is 0 Å². The molecule has 2 aliphatic heterocycles. The van der Waals surface area contributed by atoms with Gasteiger partial charge in [-0.1, -0.05) is 24.3 Å². The average Bonchev–Trinajstić information content (AvgIpc) is 3.46. The van der Waals surface area contributed by atoms with E-state index in [9.17, 15) is 4.79 Å². The highest BCUT2D eigenvalue weighted by Crippen LogP contribution is 2.25. The molecule has 1 saturated heterocycles. The van der Waals surface area contributed by atoms with Gasteiger partial charge in [0.15, 0.2) is 0 Å². The molecule has 0 amide bonds. The smallest absolute Gasteiger partial charge is 0.331 e. The van der Waals surface area contributed by atoms with Crippen LogP contribution < -0.4 is 4.74 Å². The number of esters is 1. The van der Waals surface area contributed by atoms with Crippen molar-refractivity contribution in [1.29, 1.82) is 0 Å². The SMILES string of the molecule is O=C1C=C(c2ccc(Cc3nccc4cc(OCCN5CCCC5)ccc34)cc2)CO1. The number of carbonyl (C=O) groups excluding carboxylic acids is 1. The Morgan fingerprint density at radius 3 is 2.65 bits per heavy atom. The normalized spacial score (nSPS) is 16.5. The van der Waals surface area contributed by atoms with Gasteiger partial charge in [0.05, 0.1) is 5.69 Å². The summed E-state index contributed by atoms with van der Waals surface area (Å²) in [5, 5.41) is 2.29. The van der Waals surface area contributed by atoms with E-state index in [2.05, 4.69) is 34.1 Å². The quantitative estimate of drug-likeness (QED) is 0.541. The van der Waals surface area contributed by atoms with E-state index in [-0.39, 0.29) is 5.97 Å². The van der Waals surface area contributed by atoms with Gasteiger partial charge in [-0.3, -0.25) is 9.88 Å². The molecular weight excluding hydrogens is 388 g/mol. The fourth-order valence-corrected chi connectivity index (χ4v) is 4.32. The van der Waals surface area contributed by atoms with Gasteiger partial charge in [0.25, 0.3) is 0 Å². The first-order valence-corrected chi connectivity index (χ1v) is 10.9. The molecule has 3 heterocycles. The van der Waals surface area contributed by atoms with Crippen LogP contribution in [0.5, 0.6) is 5.75 Å². The lowest BCUT2D eigenvalue weighted by Gasteiger charge is -2.15. The van der Waals surface area contributed by atoms with Crippen LogP contribution in [0.4, 0.5) is 0 Å². The molecular formula is C26H26N2O3. The van der Waals surface area contributed by atoms with Crippen LogP contribution in [-0.2, 0) is 16.0 Å². The Labute approximate surface area is 182 Å². The molecule has 5 heteroatoms. The number of hydrogen-bond donors (Lipinski definition) is 0. The third-order valence-electron chi connectivity index (χ3n) is 6.05. The van der Waals surface area contributed by atoms with Crippen molar-refractivity contribution >= 4 is 22.3 Å². The van der Waals surface area contributed by atoms with Gasteiger partial charge in [-0.05, 0) is 66.7 Å². The Morgan fingerprint density at radius 1 is 1.03 bits per heavy atom. The topological polar surface area (TPSA) is 51.7 Å². The fourth-order valence-electron chi connectivity index (χ4n) is 4.32. The van der Waals surface area contributed by atoms with Crippen LogP contribution in [0.25, 0.3) is 16.3 Å². The first-order chi connectivity index (χ1) is 15.2. The molecule has 0 bridgehead atoms. The minimum atomic E-state index is -0.265. The Morgan fingerprint density at radius 2 is 1.87 bits per heavy atom. The monoisotopic (exact) mass is 414 g/mol. The maximum Gasteiger partial charge on any atom is 0.331 e. The van der Waals surface area contributed by atoms with Crippen LogP contribution in [0.3, 0.4) is 0 Å². The van der Waals surface area contributed by atoms with Crippen LogP contribution in [0.2, 0.25) is 0 Å². The summed E-state index contributed by atoms with van der Waals surface area (Å²) in [6.07, 6.45) is 6.79. The summed E-state index contributed by atoms with van der Waals surface area (Å²) >= 11 is 0. The number of ether oxygens (including phenoxy) is 2. The molecule has 1 fully saturated rings. The van der Waals surface area contributed by atoms with Crippen LogP contribution >= 0.6 is 0 Å². The van der Waals surface area contributed by atoms with Crippen molar-refractivity contribution in [2.24, 2.45) is 0 Å². The van der Waals surface area contributed by atoms with Crippen molar-refractivity contribution in [1.82, 2.24) is 9.88 Å². The summed E-state index contributed by atoms with van der Waals surface area (Å²) in [7, 11) is 0. The summed E-state index contributed by atoms with van der Waals surface area (Å²) < 4.78 is 11.0. The van der Waals surface area contributed by atoms with Gasteiger partial charge in [0, 0.05) is 36.2 Å². The summed E-state index contributed by atoms with van der Waals surface area (Å²) in [4.78, 5) is 18.4. The van der Waals surface area contributed by atoms with Crippen molar-refractivity contribution in [3.63, 3.8) is 0 Å². The lowest BCUT2D eigenvalue weighted by Crippen LogP contribution is -2.25. The Bertz CT molecular complexity index is 1120. The summed E-state index contributed by atoms with van der Waals surface area (Å²) in [5.41, 5.74) is 4.18. The first-order valence-electron chi connectivity index (χ1n) is 10.9. The maximum atomic E-state index is 11.3. The first kappa shape index (κ1) is 19.8. The number of hydrogen-bond acceptors (Lipinski definition) is 5. The van der Waals surface area contributed by atoms with Gasteiger partial charge in [-0.15, -0.1) is 0 Å². The number of rotatable bonds is 7. The molecule has 3 aromatic rings. The number of likely N-dealkylation sites (tertiary alicyclic amines) is 1. The number of aromatic nitrogens is 1. The van der Waals surface area contributed by atoms with Crippen molar-refractivity contribution in [3.8, 4) is 5.75 Å². The zero-order chi connectivity index (χ0) is 21.0. The molecule has 2 aromatic carbocycles. The number of nitrogens with zero attached hydrogens (tertiary/aromatic N) is 2. The lowest BCUT2D eigenvalue weighted by molar-refractivity contribution is -0.134. The second-order valence-electron chi connectivity index (χ2n) is 8.19. The summed E-state index contributed by atoms with van der Waals surface area (Å²) in [6.45, 7) is 4.46. The van der Waals surface area contributed by atoms with Gasteiger partial charge in [-0.2, -0.15) is 0 Å². The number of benzene rings is 2. The second kappa shape index (κ2) is 8.90. The molecule has 31 heavy (non-hydrogen) atoms. The number of cyclic esters (lactones) is 1. The van der Waals surface area contributed by atoms with E-state index in [1.165, 1.54) is 31.5 Å². The molecule has 0 radical (unpaired) electrons. The van der Waals surface area contributed by atoms with E-state index < -0.39 is 0 Å². The molecule has 2 aliphatic rings. The number of fused-ring (bicyclic) bond motifs is 1. The van der Waals surface area contributed by atoms with E-state index in [1.54, 1.807) is 6.08 Å². The highest BCUT2D eigenvalue weighted by atomic mass is 16.5. The molecule has 0 N–H and O–H groups in total. The van der Waals surface area contributed by atoms with Gasteiger partial charge in [-0.25, -0.2) is 4.79 Å². The van der Waals surface area contributed by atoms with E-state index in [4.69, 9.17) is 9.47 Å². The minimum Gasteiger partial charge on any atom is -0.492 e. The van der Waals surface area contributed by atoms with Gasteiger partial charge in [0.2, 0.25) is 0 Å². The number of pyridine rings is 1. The zero-order valence-electron chi connectivity index (χ0n) is 17.5. The number of carbonyl (C=O) groups is 1. The lowest BCUT2D eigenvalue weighted by atomic mass is 10.0. The molecule has 5 rings (SSSR count). The van der Waals surface area contributed by atoms with E-state index in [1.807, 2.05) is 30.5 Å². The van der Waals surface area contributed by atoms with E-state index in [0.29, 0.717) is 6.61 Å². The molecule has 0 aliphatic carbocycles. The molecule has 0 atom stereocenters. The molecule has 0 spiro atoms. The maximum absolute atomic E-state index is 11.3. The molecule has 1 aromatic heterocycles. The highest BCUT2D eigenvalue weighted by Gasteiger charge is 2.15. The average molecular weight is 415 g/mol. The van der Waals surface area contributed by atoms with Gasteiger partial charge < -0.3 is 9.47 Å². The Kier molecular flexibility index (Phi) is 5.67. The van der Waals surface area contributed by atoms with Crippen molar-refractivity contribution in [2.45, 2.75) is 19.3 Å². The predicted molar refractivity (Wildman–Crippen MR) is 121 cm³/mol. The fraction of sp³-hybridized carbons (Fsp3) is 0.308. The molecule has 5 nitrogen and oxygen atoms in total. The summed E-state index contributed by atoms with van der Waals surface area (Å²) in [5.74, 6) is 0.647. The van der Waals surface area contributed by atoms with Gasteiger partial charge >= 0.3 is 5.97 Å². The third kappa shape index (κ3) is 4.62. The van der Waals surface area contributed by atoms with Crippen molar-refractivity contribution in [3.05, 3.63) is 77.6 Å². The molecule has 0 saturated carbocycles. The van der Waals surface area contributed by atoms with Crippen LogP contribution in [0.1, 0.15) is 29.7 Å².